The van der Waals surface area contributed by atoms with E-state index in [1.54, 1.807) is 6.07 Å². The number of aldehydes is 1. The first-order valence-corrected chi connectivity index (χ1v) is 5.38. The maximum absolute atomic E-state index is 11.0. The zero-order valence-electron chi connectivity index (χ0n) is 9.56. The second-order valence-electron chi connectivity index (χ2n) is 3.97. The van der Waals surface area contributed by atoms with Gasteiger partial charge in [0.2, 0.25) is 0 Å². The zero-order valence-corrected chi connectivity index (χ0v) is 9.56. The van der Waals surface area contributed by atoms with Gasteiger partial charge in [0.25, 0.3) is 0 Å². The molecule has 1 unspecified atom stereocenters. The fraction of sp³-hybridized carbons (Fsp3) is 0.385. The normalized spacial score (nSPS) is 12.1. The number of hydrogen-bond donors (Lipinski definition) is 1. The second-order valence-corrected chi connectivity index (χ2v) is 3.97. The van der Waals surface area contributed by atoms with Crippen LogP contribution in [0.5, 0.6) is 0 Å². The van der Waals surface area contributed by atoms with E-state index in [1.807, 2.05) is 26.0 Å². The molecule has 0 aromatic heterocycles. The predicted octanol–water partition coefficient (Wildman–Crippen LogP) is 2.32. The Balaban J connectivity index is 3.02. The van der Waals surface area contributed by atoms with Gasteiger partial charge in [0.05, 0.1) is 5.56 Å². The van der Waals surface area contributed by atoms with Crippen LogP contribution in [0.3, 0.4) is 0 Å². The maximum atomic E-state index is 11.0. The molecule has 1 aromatic rings. The molecule has 1 atom stereocenters. The summed E-state index contributed by atoms with van der Waals surface area (Å²) in [5, 5.41) is 9.04. The molecule has 3 nitrogen and oxygen atoms in total. The summed E-state index contributed by atoms with van der Waals surface area (Å²) in [6.07, 6.45) is 2.17. The minimum absolute atomic E-state index is 0.0749. The third kappa shape index (κ3) is 2.92. The van der Waals surface area contributed by atoms with Gasteiger partial charge in [-0.05, 0) is 30.0 Å². The van der Waals surface area contributed by atoms with Crippen molar-refractivity contribution in [1.29, 1.82) is 0 Å². The Labute approximate surface area is 95.1 Å². The Morgan fingerprint density at radius 2 is 2.19 bits per heavy atom. The summed E-state index contributed by atoms with van der Waals surface area (Å²) in [5.41, 5.74) is 2.07. The first-order chi connectivity index (χ1) is 7.58. The number of hydrogen-bond acceptors (Lipinski definition) is 2. The molecule has 1 N–H and O–H groups in total. The topological polar surface area (TPSA) is 54.4 Å². The van der Waals surface area contributed by atoms with E-state index in [1.165, 1.54) is 0 Å². The Morgan fingerprint density at radius 1 is 1.50 bits per heavy atom. The zero-order chi connectivity index (χ0) is 12.1. The largest absolute Gasteiger partial charge is 0.478 e. The third-order valence-corrected chi connectivity index (χ3v) is 2.58. The molecule has 0 heterocycles. The minimum atomic E-state index is -0.905. The van der Waals surface area contributed by atoms with Gasteiger partial charge in [-0.1, -0.05) is 26.0 Å². The SMILES string of the molecule is CCc1ccc(CC(C)C=O)cc1C(=O)O. The van der Waals surface area contributed by atoms with E-state index >= 15 is 0 Å². The average Bonchev–Trinajstić information content (AvgIpc) is 2.28. The number of benzene rings is 1. The van der Waals surface area contributed by atoms with Crippen LogP contribution < -0.4 is 0 Å². The van der Waals surface area contributed by atoms with Crippen molar-refractivity contribution < 1.29 is 14.7 Å². The molecule has 0 saturated carbocycles. The lowest BCUT2D eigenvalue weighted by atomic mass is 9.97. The molecule has 16 heavy (non-hydrogen) atoms. The van der Waals surface area contributed by atoms with E-state index in [4.69, 9.17) is 5.11 Å². The van der Waals surface area contributed by atoms with Gasteiger partial charge in [-0.2, -0.15) is 0 Å². The standard InChI is InChI=1S/C13H16O3/c1-3-11-5-4-10(6-9(2)8-14)7-12(11)13(15)16/h4-5,7-9H,3,6H2,1-2H3,(H,15,16). The summed E-state index contributed by atoms with van der Waals surface area (Å²) in [6.45, 7) is 3.75. The minimum Gasteiger partial charge on any atom is -0.478 e. The summed E-state index contributed by atoms with van der Waals surface area (Å²) in [5.74, 6) is -0.980. The van der Waals surface area contributed by atoms with Crippen molar-refractivity contribution in [2.24, 2.45) is 5.92 Å². The molecule has 0 aliphatic carbocycles. The lowest BCUT2D eigenvalue weighted by Crippen LogP contribution is -2.06. The van der Waals surface area contributed by atoms with Crippen LogP contribution in [0.2, 0.25) is 0 Å². The number of carbonyl (C=O) groups excluding carboxylic acids is 1. The quantitative estimate of drug-likeness (QED) is 0.775. The van der Waals surface area contributed by atoms with Crippen molar-refractivity contribution in [3.8, 4) is 0 Å². The molecule has 0 amide bonds. The second kappa shape index (κ2) is 5.45. The van der Waals surface area contributed by atoms with Crippen LogP contribution >= 0.6 is 0 Å². The van der Waals surface area contributed by atoms with Crippen LogP contribution in [0.4, 0.5) is 0 Å². The maximum Gasteiger partial charge on any atom is 0.335 e. The van der Waals surface area contributed by atoms with Gasteiger partial charge in [-0.15, -0.1) is 0 Å². The number of carboxylic acid groups (broad SMARTS) is 1. The summed E-state index contributed by atoms with van der Waals surface area (Å²) in [6, 6.07) is 5.39. The van der Waals surface area contributed by atoms with Crippen molar-refractivity contribution in [2.45, 2.75) is 26.7 Å². The van der Waals surface area contributed by atoms with Crippen molar-refractivity contribution in [1.82, 2.24) is 0 Å². The molecule has 0 radical (unpaired) electrons. The van der Waals surface area contributed by atoms with Gasteiger partial charge >= 0.3 is 5.97 Å². The number of carboxylic acids is 1. The Kier molecular flexibility index (Phi) is 4.23. The lowest BCUT2D eigenvalue weighted by molar-refractivity contribution is -0.110. The van der Waals surface area contributed by atoms with E-state index in [0.717, 1.165) is 17.4 Å². The number of rotatable bonds is 5. The van der Waals surface area contributed by atoms with Crippen molar-refractivity contribution >= 4 is 12.3 Å². The van der Waals surface area contributed by atoms with E-state index in [9.17, 15) is 9.59 Å². The Bertz CT molecular complexity index is 396. The molecule has 0 saturated heterocycles. The summed E-state index contributed by atoms with van der Waals surface area (Å²) < 4.78 is 0. The fourth-order valence-electron chi connectivity index (χ4n) is 1.68. The molecule has 0 aliphatic rings. The van der Waals surface area contributed by atoms with E-state index in [-0.39, 0.29) is 5.92 Å². The average molecular weight is 220 g/mol. The number of aryl methyl sites for hydroxylation is 1. The smallest absolute Gasteiger partial charge is 0.335 e. The molecule has 0 bridgehead atoms. The van der Waals surface area contributed by atoms with Crippen LogP contribution in [-0.2, 0) is 17.6 Å². The van der Waals surface area contributed by atoms with Crippen LogP contribution in [0.15, 0.2) is 18.2 Å². The van der Waals surface area contributed by atoms with Crippen molar-refractivity contribution in [3.05, 3.63) is 34.9 Å². The first kappa shape index (κ1) is 12.4. The van der Waals surface area contributed by atoms with E-state index in [2.05, 4.69) is 0 Å². The van der Waals surface area contributed by atoms with E-state index in [0.29, 0.717) is 18.4 Å². The molecule has 1 aromatic carbocycles. The number of aromatic carboxylic acids is 1. The van der Waals surface area contributed by atoms with Gasteiger partial charge in [-0.3, -0.25) is 0 Å². The number of carbonyl (C=O) groups is 2. The molecule has 0 aliphatic heterocycles. The Morgan fingerprint density at radius 3 is 2.69 bits per heavy atom. The molecular formula is C13H16O3. The molecule has 0 fully saturated rings. The molecule has 1 rings (SSSR count). The molecule has 86 valence electrons. The van der Waals surface area contributed by atoms with Crippen molar-refractivity contribution in [3.63, 3.8) is 0 Å². The van der Waals surface area contributed by atoms with Crippen LogP contribution in [-0.4, -0.2) is 17.4 Å². The van der Waals surface area contributed by atoms with Gasteiger partial charge in [-0.25, -0.2) is 4.79 Å². The summed E-state index contributed by atoms with van der Waals surface area (Å²) in [4.78, 5) is 21.6. The van der Waals surface area contributed by atoms with Gasteiger partial charge in [0.1, 0.15) is 6.29 Å². The monoisotopic (exact) mass is 220 g/mol. The predicted molar refractivity (Wildman–Crippen MR) is 61.7 cm³/mol. The fourth-order valence-corrected chi connectivity index (χ4v) is 1.68. The highest BCUT2D eigenvalue weighted by molar-refractivity contribution is 5.89. The van der Waals surface area contributed by atoms with Crippen LogP contribution in [0.1, 0.15) is 35.3 Å². The van der Waals surface area contributed by atoms with Crippen molar-refractivity contribution in [2.75, 3.05) is 0 Å². The molecule has 3 heteroatoms. The third-order valence-electron chi connectivity index (χ3n) is 2.58. The summed E-state index contributed by atoms with van der Waals surface area (Å²) >= 11 is 0. The van der Waals surface area contributed by atoms with Gasteiger partial charge in [0, 0.05) is 5.92 Å². The molecule has 0 spiro atoms. The molecular weight excluding hydrogens is 204 g/mol. The van der Waals surface area contributed by atoms with Crippen LogP contribution in [0, 0.1) is 5.92 Å². The lowest BCUT2D eigenvalue weighted by Gasteiger charge is -2.08. The van der Waals surface area contributed by atoms with Crippen LogP contribution in [0.25, 0.3) is 0 Å². The van der Waals surface area contributed by atoms with Gasteiger partial charge in [0.15, 0.2) is 0 Å². The summed E-state index contributed by atoms with van der Waals surface area (Å²) in [7, 11) is 0. The Hall–Kier alpha value is -1.64. The van der Waals surface area contributed by atoms with E-state index < -0.39 is 5.97 Å². The highest BCUT2D eigenvalue weighted by atomic mass is 16.4. The first-order valence-electron chi connectivity index (χ1n) is 5.38. The highest BCUT2D eigenvalue weighted by Gasteiger charge is 2.10. The highest BCUT2D eigenvalue weighted by Crippen LogP contribution is 2.15. The van der Waals surface area contributed by atoms with Gasteiger partial charge < -0.3 is 9.90 Å².